The lowest BCUT2D eigenvalue weighted by molar-refractivity contribution is -0.337. The number of halogens is 4. The maximum Gasteiger partial charge on any atom is 0.523 e. The topological polar surface area (TPSA) is 192 Å². The van der Waals surface area contributed by atoms with Gasteiger partial charge < -0.3 is 41.2 Å². The smallest absolute Gasteiger partial charge is 0.453 e. The number of allylic oxidation sites excluding steroid dienone is 5. The van der Waals surface area contributed by atoms with Crippen molar-refractivity contribution in [2.24, 2.45) is 5.92 Å². The monoisotopic (exact) mass is 817 g/mol. The van der Waals surface area contributed by atoms with Gasteiger partial charge in [0.25, 0.3) is 5.91 Å². The number of methoxy groups -OCH3 is 1. The van der Waals surface area contributed by atoms with Gasteiger partial charge in [-0.3, -0.25) is 14.3 Å². The lowest BCUT2D eigenvalue weighted by Gasteiger charge is -2.30. The number of ether oxygens (including phenoxy) is 2. The highest BCUT2D eigenvalue weighted by atomic mass is 35.5. The summed E-state index contributed by atoms with van der Waals surface area (Å²) in [7, 11) is 2.75. The molecule has 1 aliphatic heterocycles. The lowest BCUT2D eigenvalue weighted by atomic mass is 9.86. The zero-order valence-electron chi connectivity index (χ0n) is 32.2. The third-order valence-corrected chi connectivity index (χ3v) is 10.1. The van der Waals surface area contributed by atoms with Crippen molar-refractivity contribution in [2.75, 3.05) is 32.6 Å². The third kappa shape index (κ3) is 11.2. The highest BCUT2D eigenvalue weighted by molar-refractivity contribution is 6.32. The largest absolute Gasteiger partial charge is 0.523 e. The van der Waals surface area contributed by atoms with Crippen LogP contribution in [-0.2, 0) is 14.3 Å². The van der Waals surface area contributed by atoms with Crippen molar-refractivity contribution >= 4 is 46.9 Å². The predicted molar refractivity (Wildman–Crippen MR) is 205 cm³/mol. The molecule has 0 bridgehead atoms. The number of carbonyl (C=O) groups excluding carboxylic acids is 4. The Morgan fingerprint density at radius 1 is 1.05 bits per heavy atom. The van der Waals surface area contributed by atoms with E-state index in [1.807, 2.05) is 13.8 Å². The van der Waals surface area contributed by atoms with Crippen molar-refractivity contribution in [1.82, 2.24) is 41.1 Å². The molecule has 3 heterocycles. The molecule has 3 aliphatic rings. The number of hydrogen-bond donors (Lipinski definition) is 6. The van der Waals surface area contributed by atoms with Crippen molar-refractivity contribution in [2.45, 2.75) is 83.5 Å². The Kier molecular flexibility index (Phi) is 14.0. The number of nitrogens with one attached hydrogen (secondary N) is 6. The number of anilines is 1. The molecule has 5 amide bonds. The van der Waals surface area contributed by atoms with Gasteiger partial charge in [0.2, 0.25) is 5.91 Å². The Morgan fingerprint density at radius 3 is 2.42 bits per heavy atom. The number of imidazole rings is 1. The summed E-state index contributed by atoms with van der Waals surface area (Å²) in [5, 5.41) is 13.5. The number of urea groups is 1. The maximum absolute atomic E-state index is 13.7. The maximum atomic E-state index is 13.7. The standard InChI is InChI=1S/C38H47ClF3N9O6/c1-20(2)32(50-37(55)56-5)35(53)51-14-6-7-29(51)33-46-19-28(48-33)23-10-8-22(9-11-23)25-15-26(39)27(16-30(25)57-38(40,41)42)49-34(52)24-12-13-31(45-18-24)44-17-21(3)47-36(54)43-4/h8,10,12-13,15,18-21,29-30,32H,6-7,9,11,14,16-17H2,1-5H3,(H,44,45)(H,46,48)(H,49,52)(H,50,55)(H2,43,47,54). The van der Waals surface area contributed by atoms with Crippen LogP contribution in [0.4, 0.5) is 28.6 Å². The number of alkyl halides is 3. The van der Waals surface area contributed by atoms with Crippen LogP contribution >= 0.6 is 11.6 Å². The summed E-state index contributed by atoms with van der Waals surface area (Å²) >= 11 is 6.58. The number of aromatic nitrogens is 3. The average molecular weight is 818 g/mol. The molecular formula is C38H47ClF3N9O6. The van der Waals surface area contributed by atoms with E-state index >= 15 is 0 Å². The van der Waals surface area contributed by atoms with Crippen LogP contribution in [-0.4, -0.2) is 95.6 Å². The Balaban J connectivity index is 1.28. The molecule has 0 spiro atoms. The first-order valence-electron chi connectivity index (χ1n) is 18.5. The summed E-state index contributed by atoms with van der Waals surface area (Å²) < 4.78 is 50.4. The minimum atomic E-state index is -4.97. The Labute approximate surface area is 332 Å². The summed E-state index contributed by atoms with van der Waals surface area (Å²) in [5.41, 5.74) is 2.62. The van der Waals surface area contributed by atoms with E-state index in [1.165, 1.54) is 32.5 Å². The Bertz CT molecular complexity index is 1940. The van der Waals surface area contributed by atoms with E-state index in [-0.39, 0.29) is 58.2 Å². The van der Waals surface area contributed by atoms with Gasteiger partial charge in [0.1, 0.15) is 17.7 Å². The van der Waals surface area contributed by atoms with E-state index in [0.29, 0.717) is 55.3 Å². The van der Waals surface area contributed by atoms with Gasteiger partial charge in [-0.05, 0) is 73.5 Å². The fraction of sp³-hybridized carbons (Fsp3) is 0.474. The van der Waals surface area contributed by atoms with Crippen LogP contribution in [0.25, 0.3) is 5.57 Å². The molecule has 57 heavy (non-hydrogen) atoms. The second kappa shape index (κ2) is 18.7. The second-order valence-corrected chi connectivity index (χ2v) is 14.6. The summed E-state index contributed by atoms with van der Waals surface area (Å²) in [4.78, 5) is 63.9. The van der Waals surface area contributed by atoms with E-state index in [0.717, 1.165) is 12.0 Å². The number of hydrogen-bond acceptors (Lipinski definition) is 9. The molecule has 1 fully saturated rings. The second-order valence-electron chi connectivity index (χ2n) is 14.2. The minimum absolute atomic E-state index is 0.0637. The fourth-order valence-electron chi connectivity index (χ4n) is 6.80. The first kappa shape index (κ1) is 42.8. The molecular weight excluding hydrogens is 771 g/mol. The highest BCUT2D eigenvalue weighted by Crippen LogP contribution is 2.40. The van der Waals surface area contributed by atoms with Crippen molar-refractivity contribution in [3.63, 3.8) is 0 Å². The Hall–Kier alpha value is -5.36. The molecule has 0 saturated carbocycles. The van der Waals surface area contributed by atoms with Gasteiger partial charge >= 0.3 is 18.5 Å². The van der Waals surface area contributed by atoms with Gasteiger partial charge in [-0.15, -0.1) is 13.2 Å². The number of amides is 5. The number of nitrogens with zero attached hydrogens (tertiary/aromatic N) is 3. The van der Waals surface area contributed by atoms with Crippen LogP contribution in [0.15, 0.2) is 64.6 Å². The van der Waals surface area contributed by atoms with Crippen molar-refractivity contribution in [1.29, 1.82) is 0 Å². The molecule has 15 nitrogen and oxygen atoms in total. The molecule has 2 aliphatic carbocycles. The van der Waals surface area contributed by atoms with E-state index in [4.69, 9.17) is 16.3 Å². The van der Waals surface area contributed by atoms with Crippen LogP contribution < -0.4 is 26.6 Å². The van der Waals surface area contributed by atoms with E-state index in [2.05, 4.69) is 46.3 Å². The molecule has 19 heteroatoms. The quantitative estimate of drug-likeness (QED) is 0.145. The minimum Gasteiger partial charge on any atom is -0.453 e. The molecule has 1 saturated heterocycles. The number of alkyl carbamates (subject to hydrolysis) is 1. The molecule has 2 aromatic heterocycles. The summed E-state index contributed by atoms with van der Waals surface area (Å²) in [6.45, 7) is 6.34. The van der Waals surface area contributed by atoms with Gasteiger partial charge in [0, 0.05) is 44.5 Å². The van der Waals surface area contributed by atoms with Crippen LogP contribution in [0, 0.1) is 5.92 Å². The average Bonchev–Trinajstić information content (AvgIpc) is 3.87. The zero-order chi connectivity index (χ0) is 41.4. The molecule has 5 rings (SSSR count). The lowest BCUT2D eigenvalue weighted by Crippen LogP contribution is -2.51. The molecule has 0 radical (unpaired) electrons. The van der Waals surface area contributed by atoms with Gasteiger partial charge in [-0.1, -0.05) is 37.6 Å². The molecule has 2 aromatic rings. The molecule has 308 valence electrons. The van der Waals surface area contributed by atoms with Crippen LogP contribution in [0.3, 0.4) is 0 Å². The number of carbonyl (C=O) groups is 4. The normalized spacial score (nSPS) is 19.5. The number of aromatic amines is 1. The van der Waals surface area contributed by atoms with E-state index in [1.54, 1.807) is 36.2 Å². The van der Waals surface area contributed by atoms with Crippen LogP contribution in [0.5, 0.6) is 0 Å². The molecule has 6 N–H and O–H groups in total. The number of likely N-dealkylation sites (tertiary alicyclic amines) is 1. The van der Waals surface area contributed by atoms with Crippen LogP contribution in [0.2, 0.25) is 0 Å². The summed E-state index contributed by atoms with van der Waals surface area (Å²) in [6.07, 6.45) is 2.67. The van der Waals surface area contributed by atoms with Crippen LogP contribution in [0.1, 0.15) is 80.8 Å². The van der Waals surface area contributed by atoms with Crippen molar-refractivity contribution in [3.05, 3.63) is 81.7 Å². The first-order chi connectivity index (χ1) is 27.1. The molecule has 4 unspecified atom stereocenters. The van der Waals surface area contributed by atoms with Gasteiger partial charge in [-0.25, -0.2) is 19.6 Å². The molecule has 4 atom stereocenters. The summed E-state index contributed by atoms with van der Waals surface area (Å²) in [5.74, 6) is 0.0119. The predicted octanol–water partition coefficient (Wildman–Crippen LogP) is 5.80. The Morgan fingerprint density at radius 2 is 1.79 bits per heavy atom. The number of H-pyrrole nitrogens is 1. The van der Waals surface area contributed by atoms with Crippen molar-refractivity contribution < 1.29 is 41.8 Å². The van der Waals surface area contributed by atoms with Gasteiger partial charge in [0.15, 0.2) is 0 Å². The number of rotatable bonds is 13. The first-order valence-corrected chi connectivity index (χ1v) is 18.9. The van der Waals surface area contributed by atoms with E-state index in [9.17, 15) is 32.3 Å². The highest BCUT2D eigenvalue weighted by Gasteiger charge is 2.39. The van der Waals surface area contributed by atoms with Gasteiger partial charge in [0.05, 0.1) is 41.7 Å². The van der Waals surface area contributed by atoms with Gasteiger partial charge in [-0.2, -0.15) is 0 Å². The zero-order valence-corrected chi connectivity index (χ0v) is 32.9. The third-order valence-electron chi connectivity index (χ3n) is 9.77. The number of pyridine rings is 1. The SMILES string of the molecule is CNC(=O)NC(C)CNc1ccc(C(=O)NC2=C(Cl)C=C(C3=CC=C(c4cnc(C5CCCN5C(=O)C(NC(=O)OC)C(C)C)[nH]4)CC3)C(OC(F)(F)F)C2)cn1. The fourth-order valence-corrected chi connectivity index (χ4v) is 7.04. The van der Waals surface area contributed by atoms with E-state index < -0.39 is 30.5 Å². The molecule has 0 aromatic carbocycles. The van der Waals surface area contributed by atoms with Crippen molar-refractivity contribution in [3.8, 4) is 0 Å². The summed E-state index contributed by atoms with van der Waals surface area (Å²) in [6, 6.07) is 1.41.